The van der Waals surface area contributed by atoms with Gasteiger partial charge >= 0.3 is 5.97 Å². The molecule has 3 nitrogen and oxygen atoms in total. The predicted molar refractivity (Wildman–Crippen MR) is 70.1 cm³/mol. The van der Waals surface area contributed by atoms with Crippen LogP contribution in [0.5, 0.6) is 5.75 Å². The van der Waals surface area contributed by atoms with Gasteiger partial charge in [0.05, 0.1) is 0 Å². The first-order chi connectivity index (χ1) is 8.20. The first-order valence-corrected chi connectivity index (χ1v) is 6.42. The van der Waals surface area contributed by atoms with E-state index in [1.807, 2.05) is 32.1 Å². The van der Waals surface area contributed by atoms with Crippen LogP contribution in [0.15, 0.2) is 35.2 Å². The Kier molecular flexibility index (Phi) is 5.63. The van der Waals surface area contributed by atoms with E-state index < -0.39 is 5.97 Å². The summed E-state index contributed by atoms with van der Waals surface area (Å²) in [7, 11) is 0. The van der Waals surface area contributed by atoms with Crippen molar-refractivity contribution >= 4 is 17.7 Å². The van der Waals surface area contributed by atoms with Crippen LogP contribution in [-0.4, -0.2) is 23.4 Å². The molecule has 0 radical (unpaired) electrons. The van der Waals surface area contributed by atoms with Crippen molar-refractivity contribution in [1.82, 2.24) is 0 Å². The maximum Gasteiger partial charge on any atom is 0.340 e. The molecular formula is C13H16O3S. The Balaban J connectivity index is 3.02. The fourth-order valence-electron chi connectivity index (χ4n) is 1.35. The summed E-state index contributed by atoms with van der Waals surface area (Å²) in [5.74, 6) is 0.310. The first-order valence-electron chi connectivity index (χ1n) is 5.43. The van der Waals surface area contributed by atoms with Crippen LogP contribution >= 0.6 is 11.8 Å². The van der Waals surface area contributed by atoms with Gasteiger partial charge in [-0.2, -0.15) is 0 Å². The number of carboxylic acids is 1. The van der Waals surface area contributed by atoms with Crippen molar-refractivity contribution in [3.8, 4) is 5.75 Å². The highest BCUT2D eigenvalue weighted by Crippen LogP contribution is 2.30. The van der Waals surface area contributed by atoms with Gasteiger partial charge in [0.15, 0.2) is 0 Å². The van der Waals surface area contributed by atoms with Gasteiger partial charge in [-0.3, -0.25) is 0 Å². The smallest absolute Gasteiger partial charge is 0.340 e. The average molecular weight is 252 g/mol. The lowest BCUT2D eigenvalue weighted by Gasteiger charge is -2.10. The quantitative estimate of drug-likeness (QED) is 0.622. The van der Waals surface area contributed by atoms with E-state index in [4.69, 9.17) is 4.74 Å². The van der Waals surface area contributed by atoms with Crippen molar-refractivity contribution in [2.24, 2.45) is 0 Å². The molecule has 0 aliphatic heterocycles. The topological polar surface area (TPSA) is 46.5 Å². The third kappa shape index (κ3) is 3.82. The van der Waals surface area contributed by atoms with Gasteiger partial charge in [-0.15, -0.1) is 11.8 Å². The van der Waals surface area contributed by atoms with Crippen LogP contribution in [-0.2, 0) is 0 Å². The minimum atomic E-state index is -0.947. The van der Waals surface area contributed by atoms with Gasteiger partial charge < -0.3 is 9.84 Å². The minimum Gasteiger partial charge on any atom is -0.489 e. The summed E-state index contributed by atoms with van der Waals surface area (Å²) < 4.78 is 5.44. The van der Waals surface area contributed by atoms with E-state index in [1.165, 1.54) is 11.8 Å². The molecule has 0 saturated carbocycles. The summed E-state index contributed by atoms with van der Waals surface area (Å²) in [5, 5.41) is 9.22. The third-order valence-corrected chi connectivity index (χ3v) is 3.01. The summed E-state index contributed by atoms with van der Waals surface area (Å²) in [6.07, 6.45) is 3.70. The number of aromatic carboxylic acids is 1. The molecule has 17 heavy (non-hydrogen) atoms. The number of benzene rings is 1. The van der Waals surface area contributed by atoms with Crippen LogP contribution < -0.4 is 4.74 Å². The summed E-state index contributed by atoms with van der Waals surface area (Å²) in [6, 6.07) is 5.31. The second kappa shape index (κ2) is 7.01. The zero-order valence-electron chi connectivity index (χ0n) is 9.97. The summed E-state index contributed by atoms with van der Waals surface area (Å²) in [5.41, 5.74) is 0.254. The minimum absolute atomic E-state index is 0.254. The maximum absolute atomic E-state index is 11.2. The fourth-order valence-corrected chi connectivity index (χ4v) is 2.17. The molecule has 4 heteroatoms. The molecule has 0 spiro atoms. The summed E-state index contributed by atoms with van der Waals surface area (Å²) in [4.78, 5) is 12.0. The Labute approximate surface area is 105 Å². The highest BCUT2D eigenvalue weighted by Gasteiger charge is 2.16. The van der Waals surface area contributed by atoms with E-state index >= 15 is 0 Å². The Morgan fingerprint density at radius 1 is 1.53 bits per heavy atom. The van der Waals surface area contributed by atoms with Crippen LogP contribution in [0, 0.1) is 0 Å². The van der Waals surface area contributed by atoms with E-state index in [2.05, 4.69) is 0 Å². The fraction of sp³-hybridized carbons (Fsp3) is 0.308. The predicted octanol–water partition coefficient (Wildman–Crippen LogP) is 3.45. The monoisotopic (exact) mass is 252 g/mol. The number of carbonyl (C=O) groups is 1. The lowest BCUT2D eigenvalue weighted by Crippen LogP contribution is -2.05. The normalized spacial score (nSPS) is 10.7. The standard InChI is InChI=1S/C13H16O3S/c1-3-5-9-16-10-7-6-8-11(17-4-2)12(10)13(14)15/h3,5-8H,4,9H2,1-2H3,(H,14,15)/b5-3+. The molecule has 0 unspecified atom stereocenters. The van der Waals surface area contributed by atoms with E-state index in [1.54, 1.807) is 12.1 Å². The molecule has 0 aromatic heterocycles. The van der Waals surface area contributed by atoms with Crippen molar-refractivity contribution in [3.63, 3.8) is 0 Å². The van der Waals surface area contributed by atoms with Crippen molar-refractivity contribution in [2.45, 2.75) is 18.7 Å². The van der Waals surface area contributed by atoms with Gasteiger partial charge in [0, 0.05) is 4.90 Å². The highest BCUT2D eigenvalue weighted by atomic mass is 32.2. The molecule has 0 aliphatic rings. The second-order valence-corrected chi connectivity index (χ2v) is 4.55. The van der Waals surface area contributed by atoms with E-state index in [9.17, 15) is 9.90 Å². The summed E-state index contributed by atoms with van der Waals surface area (Å²) >= 11 is 1.50. The molecule has 1 aromatic carbocycles. The van der Waals surface area contributed by atoms with Crippen molar-refractivity contribution in [2.75, 3.05) is 12.4 Å². The molecule has 1 aromatic rings. The SMILES string of the molecule is C/C=C/COc1cccc(SCC)c1C(=O)O. The van der Waals surface area contributed by atoms with Crippen LogP contribution in [0.25, 0.3) is 0 Å². The van der Waals surface area contributed by atoms with Crippen LogP contribution in [0.3, 0.4) is 0 Å². The number of hydrogen-bond acceptors (Lipinski definition) is 3. The van der Waals surface area contributed by atoms with Crippen LogP contribution in [0.4, 0.5) is 0 Å². The Bertz CT molecular complexity index is 413. The number of carboxylic acid groups (broad SMARTS) is 1. The molecule has 0 atom stereocenters. The summed E-state index contributed by atoms with van der Waals surface area (Å²) in [6.45, 7) is 4.27. The molecule has 0 heterocycles. The van der Waals surface area contributed by atoms with Gasteiger partial charge in [0.1, 0.15) is 17.9 Å². The molecule has 92 valence electrons. The van der Waals surface area contributed by atoms with Gasteiger partial charge in [-0.05, 0) is 24.8 Å². The molecule has 0 bridgehead atoms. The Morgan fingerprint density at radius 2 is 2.29 bits per heavy atom. The van der Waals surface area contributed by atoms with E-state index in [0.717, 1.165) is 10.6 Å². The van der Waals surface area contributed by atoms with Crippen molar-refractivity contribution in [1.29, 1.82) is 0 Å². The molecular weight excluding hydrogens is 236 g/mol. The lowest BCUT2D eigenvalue weighted by atomic mass is 10.2. The number of ether oxygens (including phenoxy) is 1. The first kappa shape index (κ1) is 13.6. The molecule has 0 fully saturated rings. The number of thioether (sulfide) groups is 1. The number of allylic oxidation sites excluding steroid dienone is 1. The number of hydrogen-bond donors (Lipinski definition) is 1. The molecule has 1 rings (SSSR count). The number of rotatable bonds is 6. The van der Waals surface area contributed by atoms with Gasteiger partial charge in [0.2, 0.25) is 0 Å². The largest absolute Gasteiger partial charge is 0.489 e. The van der Waals surface area contributed by atoms with Crippen LogP contribution in [0.1, 0.15) is 24.2 Å². The third-order valence-electron chi connectivity index (χ3n) is 2.07. The lowest BCUT2D eigenvalue weighted by molar-refractivity contribution is 0.0689. The van der Waals surface area contributed by atoms with Gasteiger partial charge in [-0.25, -0.2) is 4.79 Å². The molecule has 0 aliphatic carbocycles. The Hall–Kier alpha value is -1.42. The molecule has 0 saturated heterocycles. The molecule has 1 N–H and O–H groups in total. The maximum atomic E-state index is 11.2. The van der Waals surface area contributed by atoms with Crippen molar-refractivity contribution in [3.05, 3.63) is 35.9 Å². The van der Waals surface area contributed by atoms with Gasteiger partial charge in [-0.1, -0.05) is 25.1 Å². The van der Waals surface area contributed by atoms with E-state index in [0.29, 0.717) is 12.4 Å². The van der Waals surface area contributed by atoms with Gasteiger partial charge in [0.25, 0.3) is 0 Å². The van der Waals surface area contributed by atoms with Crippen LogP contribution in [0.2, 0.25) is 0 Å². The second-order valence-electron chi connectivity index (χ2n) is 3.25. The zero-order chi connectivity index (χ0) is 12.7. The van der Waals surface area contributed by atoms with E-state index in [-0.39, 0.29) is 5.56 Å². The highest BCUT2D eigenvalue weighted by molar-refractivity contribution is 7.99. The van der Waals surface area contributed by atoms with Crippen molar-refractivity contribution < 1.29 is 14.6 Å². The molecule has 0 amide bonds. The average Bonchev–Trinajstić information content (AvgIpc) is 2.29. The zero-order valence-corrected chi connectivity index (χ0v) is 10.8. The Morgan fingerprint density at radius 3 is 2.88 bits per heavy atom.